The van der Waals surface area contributed by atoms with E-state index in [1.165, 1.54) is 38.1 Å². The van der Waals surface area contributed by atoms with Crippen LogP contribution in [0.1, 0.15) is 79.2 Å². The van der Waals surface area contributed by atoms with E-state index in [2.05, 4.69) is 36.9 Å². The number of carboxylic acids is 2. The molecule has 0 bridgehead atoms. The molecule has 0 unspecified atom stereocenters. The topological polar surface area (TPSA) is 380 Å². The summed E-state index contributed by atoms with van der Waals surface area (Å²) in [6.07, 6.45) is -2.18. The van der Waals surface area contributed by atoms with Crippen molar-refractivity contribution in [2.24, 2.45) is 34.0 Å². The molecule has 0 saturated carbocycles. The van der Waals surface area contributed by atoms with E-state index in [1.54, 1.807) is 27.7 Å². The summed E-state index contributed by atoms with van der Waals surface area (Å²) >= 11 is 0. The lowest BCUT2D eigenvalue weighted by molar-refractivity contribution is -0.142. The summed E-state index contributed by atoms with van der Waals surface area (Å²) in [6.45, 7) is 9.21. The molecule has 0 spiro atoms. The van der Waals surface area contributed by atoms with Gasteiger partial charge in [-0.3, -0.25) is 43.3 Å². The zero-order valence-electron chi connectivity index (χ0n) is 34.8. The van der Waals surface area contributed by atoms with Crippen LogP contribution in [0.25, 0.3) is 0 Å². The van der Waals surface area contributed by atoms with Gasteiger partial charge in [0.15, 0.2) is 5.96 Å². The third kappa shape index (κ3) is 19.1. The minimum absolute atomic E-state index is 0.0552. The molecule has 0 aliphatic rings. The Morgan fingerprint density at radius 1 is 0.667 bits per heavy atom. The van der Waals surface area contributed by atoms with Crippen LogP contribution in [0.5, 0.6) is 5.75 Å². The van der Waals surface area contributed by atoms with Crippen molar-refractivity contribution < 1.29 is 58.8 Å². The number of phenolic OH excluding ortho intramolecular Hbond substituents is 1. The van der Waals surface area contributed by atoms with Crippen LogP contribution in [0.3, 0.4) is 0 Å². The van der Waals surface area contributed by atoms with E-state index >= 15 is 0 Å². The number of aliphatic hydroxyl groups is 1. The summed E-state index contributed by atoms with van der Waals surface area (Å²) < 4.78 is 0. The van der Waals surface area contributed by atoms with Gasteiger partial charge < -0.3 is 69.5 Å². The van der Waals surface area contributed by atoms with Crippen LogP contribution in [-0.4, -0.2) is 129 Å². The van der Waals surface area contributed by atoms with Gasteiger partial charge in [0.1, 0.15) is 42.0 Å². The van der Waals surface area contributed by atoms with Crippen LogP contribution in [-0.2, 0) is 44.8 Å². The monoisotopic (exact) mass is 850 g/mol. The first-order valence-electron chi connectivity index (χ1n) is 19.5. The van der Waals surface area contributed by atoms with Crippen molar-refractivity contribution in [1.82, 2.24) is 31.9 Å². The zero-order chi connectivity index (χ0) is 45.9. The maximum Gasteiger partial charge on any atom is 0.325 e. The minimum atomic E-state index is -1.70. The van der Waals surface area contributed by atoms with Crippen molar-refractivity contribution in [3.63, 3.8) is 0 Å². The standard InChI is InChI=1S/C38H62N10O12/c1-18(2)16-26(33(55)43-20(5)37(59)60)46-32(54)25(13-14-28(51)52)44-35(57)29(19(3)4)47-36(58)30(21(6)49)48-34(56)27(17-22-9-11-23(50)12-10-22)45-31(53)24(39)8-7-15-42-38(40)41/h9-12,18-21,24-27,29-30,49-50H,7-8,13-17,39H2,1-6H3,(H,43,55)(H,44,57)(H,45,53)(H,46,54)(H,47,58)(H,48,56)(H,51,52)(H,59,60)(H4,40,41,42)/t20-,21+,24-,25-,26-,27-,29-,30-/m1/s1. The quantitative estimate of drug-likeness (QED) is 0.0256. The second-order valence-corrected chi connectivity index (χ2v) is 15.2. The molecule has 0 radical (unpaired) electrons. The predicted octanol–water partition coefficient (Wildman–Crippen LogP) is -2.72. The molecule has 0 heterocycles. The number of hydrogen-bond acceptors (Lipinski definition) is 12. The molecule has 22 heteroatoms. The second kappa shape index (κ2) is 25.5. The average molecular weight is 851 g/mol. The van der Waals surface area contributed by atoms with Crippen molar-refractivity contribution in [2.75, 3.05) is 6.54 Å². The molecule has 1 rings (SSSR count). The number of nitrogens with zero attached hydrogens (tertiary/aromatic N) is 1. The molecule has 60 heavy (non-hydrogen) atoms. The number of guanidine groups is 1. The molecule has 6 amide bonds. The smallest absolute Gasteiger partial charge is 0.325 e. The number of aliphatic imine (C=N–C) groups is 1. The first kappa shape index (κ1) is 52.0. The molecule has 0 aromatic heterocycles. The van der Waals surface area contributed by atoms with Gasteiger partial charge in [0.25, 0.3) is 0 Å². The molecule has 0 aliphatic heterocycles. The molecule has 1 aromatic rings. The second-order valence-electron chi connectivity index (χ2n) is 15.2. The molecule has 8 atom stereocenters. The third-order valence-corrected chi connectivity index (χ3v) is 8.97. The van der Waals surface area contributed by atoms with Gasteiger partial charge in [-0.1, -0.05) is 39.8 Å². The molecular formula is C38H62N10O12. The van der Waals surface area contributed by atoms with Crippen LogP contribution in [0.4, 0.5) is 0 Å². The molecule has 1 aromatic carbocycles. The molecule has 336 valence electrons. The van der Waals surface area contributed by atoms with Gasteiger partial charge in [-0.15, -0.1) is 0 Å². The van der Waals surface area contributed by atoms with Crippen molar-refractivity contribution >= 4 is 53.3 Å². The van der Waals surface area contributed by atoms with Gasteiger partial charge in [-0.2, -0.15) is 0 Å². The fraction of sp³-hybridized carbons (Fsp3) is 0.605. The normalized spacial score (nSPS) is 15.1. The highest BCUT2D eigenvalue weighted by atomic mass is 16.4. The fourth-order valence-electron chi connectivity index (χ4n) is 5.59. The van der Waals surface area contributed by atoms with E-state index in [4.69, 9.17) is 17.2 Å². The Kier molecular flexibility index (Phi) is 22.1. The lowest BCUT2D eigenvalue weighted by atomic mass is 9.99. The average Bonchev–Trinajstić information content (AvgIpc) is 3.15. The summed E-state index contributed by atoms with van der Waals surface area (Å²) in [4.78, 5) is 107. The number of aliphatic hydroxyl groups excluding tert-OH is 1. The van der Waals surface area contributed by atoms with Gasteiger partial charge in [0.05, 0.1) is 12.1 Å². The highest BCUT2D eigenvalue weighted by Gasteiger charge is 2.36. The Bertz CT molecular complexity index is 1670. The molecule has 16 N–H and O–H groups in total. The highest BCUT2D eigenvalue weighted by Crippen LogP contribution is 2.13. The summed E-state index contributed by atoms with van der Waals surface area (Å²) in [7, 11) is 0. The van der Waals surface area contributed by atoms with E-state index in [0.29, 0.717) is 12.0 Å². The summed E-state index contributed by atoms with van der Waals surface area (Å²) in [6, 6.07) is -3.92. The summed E-state index contributed by atoms with van der Waals surface area (Å²) in [5, 5.41) is 53.6. The van der Waals surface area contributed by atoms with E-state index in [0.717, 1.165) is 0 Å². The molecular weight excluding hydrogens is 788 g/mol. The first-order chi connectivity index (χ1) is 27.9. The lowest BCUT2D eigenvalue weighted by Gasteiger charge is -2.29. The van der Waals surface area contributed by atoms with Crippen LogP contribution < -0.4 is 49.1 Å². The molecule has 0 aliphatic carbocycles. The van der Waals surface area contributed by atoms with E-state index in [1.807, 2.05) is 0 Å². The van der Waals surface area contributed by atoms with E-state index < -0.39 is 115 Å². The summed E-state index contributed by atoms with van der Waals surface area (Å²) in [5.74, 6) is -9.06. The Morgan fingerprint density at radius 2 is 1.18 bits per heavy atom. The van der Waals surface area contributed by atoms with Crippen molar-refractivity contribution in [2.45, 2.75) is 128 Å². The van der Waals surface area contributed by atoms with Gasteiger partial charge in [0, 0.05) is 19.4 Å². The molecule has 0 fully saturated rings. The van der Waals surface area contributed by atoms with Gasteiger partial charge in [0.2, 0.25) is 35.4 Å². The maximum absolute atomic E-state index is 13.7. The SMILES string of the molecule is CC(C)C[C@@H](NC(=O)[C@@H](CCC(=O)O)NC(=O)[C@H](NC(=O)[C@H](NC(=O)[C@@H](Cc1ccc(O)cc1)NC(=O)[C@H](N)CCCN=C(N)N)[C@H](C)O)C(C)C)C(=O)N[C@H](C)C(=O)O. The van der Waals surface area contributed by atoms with Crippen LogP contribution >= 0.6 is 0 Å². The van der Waals surface area contributed by atoms with Crippen LogP contribution in [0.2, 0.25) is 0 Å². The number of carbonyl (C=O) groups excluding carboxylic acids is 6. The number of phenols is 1. The Balaban J connectivity index is 3.31. The fourth-order valence-corrected chi connectivity index (χ4v) is 5.59. The Hall–Kier alpha value is -6.03. The van der Waals surface area contributed by atoms with Crippen LogP contribution in [0, 0.1) is 11.8 Å². The van der Waals surface area contributed by atoms with E-state index in [9.17, 15) is 58.8 Å². The molecule has 22 nitrogen and oxygen atoms in total. The number of nitrogens with one attached hydrogen (secondary N) is 6. The van der Waals surface area contributed by atoms with Gasteiger partial charge in [-0.05, 0) is 69.1 Å². The number of benzene rings is 1. The maximum atomic E-state index is 13.7. The van der Waals surface area contributed by atoms with Crippen molar-refractivity contribution in [3.05, 3.63) is 29.8 Å². The number of carboxylic acid groups (broad SMARTS) is 2. The van der Waals surface area contributed by atoms with Gasteiger partial charge in [-0.25, -0.2) is 0 Å². The number of aliphatic carboxylic acids is 2. The van der Waals surface area contributed by atoms with Gasteiger partial charge >= 0.3 is 11.9 Å². The minimum Gasteiger partial charge on any atom is -0.508 e. The largest absolute Gasteiger partial charge is 0.508 e. The summed E-state index contributed by atoms with van der Waals surface area (Å²) in [5.41, 5.74) is 17.2. The number of aromatic hydroxyl groups is 1. The highest BCUT2D eigenvalue weighted by molar-refractivity contribution is 5.97. The number of hydrogen-bond donors (Lipinski definition) is 13. The number of carbonyl (C=O) groups is 8. The number of amides is 6. The van der Waals surface area contributed by atoms with Crippen molar-refractivity contribution in [1.29, 1.82) is 0 Å². The predicted molar refractivity (Wildman–Crippen MR) is 217 cm³/mol. The van der Waals surface area contributed by atoms with Crippen molar-refractivity contribution in [3.8, 4) is 5.75 Å². The molecule has 0 saturated heterocycles. The Labute approximate surface area is 348 Å². The zero-order valence-corrected chi connectivity index (χ0v) is 34.8. The van der Waals surface area contributed by atoms with Crippen LogP contribution in [0.15, 0.2) is 29.3 Å². The van der Waals surface area contributed by atoms with E-state index in [-0.39, 0.29) is 43.4 Å². The Morgan fingerprint density at radius 3 is 1.70 bits per heavy atom. The number of rotatable bonds is 26. The lowest BCUT2D eigenvalue weighted by Crippen LogP contribution is -2.62. The number of nitrogens with two attached hydrogens (primary N) is 3. The third-order valence-electron chi connectivity index (χ3n) is 8.97. The first-order valence-corrected chi connectivity index (χ1v) is 19.5.